The summed E-state index contributed by atoms with van der Waals surface area (Å²) in [6.07, 6.45) is -1.23. The largest absolute Gasteiger partial charge is 0.365 e. The van der Waals surface area contributed by atoms with Gasteiger partial charge in [-0.25, -0.2) is 28.1 Å². The highest BCUT2D eigenvalue weighted by Crippen LogP contribution is 2.25. The molecule has 0 unspecified atom stereocenters. The first-order chi connectivity index (χ1) is 11.1. The van der Waals surface area contributed by atoms with E-state index >= 15 is 0 Å². The highest BCUT2D eigenvalue weighted by atomic mass is 19.3. The van der Waals surface area contributed by atoms with Gasteiger partial charge in [0.15, 0.2) is 5.65 Å². The van der Waals surface area contributed by atoms with Crippen molar-refractivity contribution in [1.82, 2.24) is 15.0 Å². The van der Waals surface area contributed by atoms with E-state index in [1.807, 2.05) is 0 Å². The number of rotatable bonds is 4. The maximum absolute atomic E-state index is 14.1. The molecule has 0 saturated carbocycles. The Morgan fingerprint density at radius 2 is 1.96 bits per heavy atom. The molecule has 0 bridgehead atoms. The van der Waals surface area contributed by atoms with Gasteiger partial charge in [-0.2, -0.15) is 0 Å². The van der Waals surface area contributed by atoms with Crippen LogP contribution in [0.2, 0.25) is 0 Å². The molecule has 0 radical (unpaired) electrons. The average molecular weight is 318 g/mol. The van der Waals surface area contributed by atoms with Crippen molar-refractivity contribution in [3.8, 4) is 0 Å². The number of halogens is 3. The lowest BCUT2D eigenvalue weighted by molar-refractivity contribution is 0.146. The van der Waals surface area contributed by atoms with E-state index in [2.05, 4.69) is 20.3 Å². The monoisotopic (exact) mass is 318 g/mol. The second kappa shape index (κ2) is 6.20. The van der Waals surface area contributed by atoms with Crippen LogP contribution in [0.4, 0.5) is 19.0 Å². The van der Waals surface area contributed by atoms with Crippen LogP contribution in [0.15, 0.2) is 36.5 Å². The predicted octanol–water partition coefficient (Wildman–Crippen LogP) is 4.02. The lowest BCUT2D eigenvalue weighted by atomic mass is 10.1. The maximum atomic E-state index is 14.1. The number of alkyl halides is 2. The average Bonchev–Trinajstić information content (AvgIpc) is 2.53. The van der Waals surface area contributed by atoms with Crippen LogP contribution in [-0.4, -0.2) is 15.0 Å². The fourth-order valence-corrected chi connectivity index (χ4v) is 2.29. The third-order valence-electron chi connectivity index (χ3n) is 3.37. The summed E-state index contributed by atoms with van der Waals surface area (Å²) in [4.78, 5) is 12.6. The summed E-state index contributed by atoms with van der Waals surface area (Å²) in [7, 11) is 0. The Labute approximate surface area is 130 Å². The van der Waals surface area contributed by atoms with Crippen molar-refractivity contribution in [2.24, 2.45) is 0 Å². The fraction of sp³-hybridized carbons (Fsp3) is 0.188. The summed E-state index contributed by atoms with van der Waals surface area (Å²) in [5, 5.41) is 3.66. The number of hydrogen-bond acceptors (Lipinski definition) is 4. The second-order valence-corrected chi connectivity index (χ2v) is 4.97. The SMILES string of the molecule is Cc1nc(NCc2cccc(C(F)F)c2F)c2cccnc2n1. The van der Waals surface area contributed by atoms with Crippen molar-refractivity contribution in [2.75, 3.05) is 5.32 Å². The van der Waals surface area contributed by atoms with Crippen LogP contribution in [0.3, 0.4) is 0 Å². The molecule has 0 atom stereocenters. The van der Waals surface area contributed by atoms with E-state index in [0.717, 1.165) is 6.07 Å². The minimum Gasteiger partial charge on any atom is -0.365 e. The number of benzene rings is 1. The summed E-state index contributed by atoms with van der Waals surface area (Å²) in [5.41, 5.74) is 0.0649. The number of hydrogen-bond donors (Lipinski definition) is 1. The summed E-state index contributed by atoms with van der Waals surface area (Å²) in [5.74, 6) is 0.103. The number of aromatic nitrogens is 3. The van der Waals surface area contributed by atoms with E-state index in [9.17, 15) is 13.2 Å². The highest BCUT2D eigenvalue weighted by Gasteiger charge is 2.16. The fourth-order valence-electron chi connectivity index (χ4n) is 2.29. The maximum Gasteiger partial charge on any atom is 0.266 e. The van der Waals surface area contributed by atoms with Crippen LogP contribution >= 0.6 is 0 Å². The second-order valence-electron chi connectivity index (χ2n) is 4.97. The van der Waals surface area contributed by atoms with Gasteiger partial charge in [0.25, 0.3) is 6.43 Å². The first-order valence-electron chi connectivity index (χ1n) is 6.95. The zero-order chi connectivity index (χ0) is 16.4. The van der Waals surface area contributed by atoms with Gasteiger partial charge in [0.2, 0.25) is 0 Å². The van der Waals surface area contributed by atoms with E-state index in [0.29, 0.717) is 22.7 Å². The number of fused-ring (bicyclic) bond motifs is 1. The molecule has 2 heterocycles. The molecule has 3 aromatic rings. The van der Waals surface area contributed by atoms with Gasteiger partial charge in [0, 0.05) is 18.3 Å². The van der Waals surface area contributed by atoms with Gasteiger partial charge in [-0.05, 0) is 19.1 Å². The van der Waals surface area contributed by atoms with Crippen LogP contribution in [0.1, 0.15) is 23.4 Å². The van der Waals surface area contributed by atoms with Crippen molar-refractivity contribution >= 4 is 16.9 Å². The number of pyridine rings is 1. The first kappa shape index (κ1) is 15.2. The number of aryl methyl sites for hydroxylation is 1. The molecule has 0 aliphatic heterocycles. The smallest absolute Gasteiger partial charge is 0.266 e. The molecule has 1 aromatic carbocycles. The molecule has 0 saturated heterocycles. The predicted molar refractivity (Wildman–Crippen MR) is 80.8 cm³/mol. The molecule has 7 heteroatoms. The molecule has 0 amide bonds. The lowest BCUT2D eigenvalue weighted by Crippen LogP contribution is -2.07. The molecule has 0 aliphatic carbocycles. The first-order valence-corrected chi connectivity index (χ1v) is 6.95. The van der Waals surface area contributed by atoms with Gasteiger partial charge in [-0.1, -0.05) is 18.2 Å². The number of nitrogens with zero attached hydrogens (tertiary/aromatic N) is 3. The van der Waals surface area contributed by atoms with Crippen LogP contribution in [0.5, 0.6) is 0 Å². The number of anilines is 1. The topological polar surface area (TPSA) is 50.7 Å². The van der Waals surface area contributed by atoms with Crippen LogP contribution in [-0.2, 0) is 6.54 Å². The van der Waals surface area contributed by atoms with Gasteiger partial charge in [0.1, 0.15) is 17.5 Å². The normalized spacial score (nSPS) is 11.2. The van der Waals surface area contributed by atoms with Gasteiger partial charge < -0.3 is 5.32 Å². The molecular formula is C16H13F3N4. The highest BCUT2D eigenvalue weighted by molar-refractivity contribution is 5.86. The number of nitrogens with one attached hydrogen (secondary N) is 1. The van der Waals surface area contributed by atoms with Crippen LogP contribution in [0, 0.1) is 12.7 Å². The molecule has 4 nitrogen and oxygen atoms in total. The summed E-state index contributed by atoms with van der Waals surface area (Å²) < 4.78 is 39.5. The molecular weight excluding hydrogens is 305 g/mol. The third kappa shape index (κ3) is 3.08. The molecule has 118 valence electrons. The Kier molecular flexibility index (Phi) is 4.10. The van der Waals surface area contributed by atoms with E-state index in [1.54, 1.807) is 25.3 Å². The van der Waals surface area contributed by atoms with Crippen molar-refractivity contribution in [3.63, 3.8) is 0 Å². The zero-order valence-electron chi connectivity index (χ0n) is 12.2. The van der Waals surface area contributed by atoms with Crippen LogP contribution < -0.4 is 5.32 Å². The van der Waals surface area contributed by atoms with E-state index < -0.39 is 17.8 Å². The molecule has 3 rings (SSSR count). The Balaban J connectivity index is 1.91. The summed E-state index contributed by atoms with van der Waals surface area (Å²) in [6.45, 7) is 1.75. The zero-order valence-corrected chi connectivity index (χ0v) is 12.2. The molecule has 0 aliphatic rings. The van der Waals surface area contributed by atoms with Gasteiger partial charge in [0.05, 0.1) is 10.9 Å². The summed E-state index contributed by atoms with van der Waals surface area (Å²) in [6, 6.07) is 7.48. The van der Waals surface area contributed by atoms with Crippen molar-refractivity contribution < 1.29 is 13.2 Å². The quantitative estimate of drug-likeness (QED) is 0.789. The summed E-state index contributed by atoms with van der Waals surface area (Å²) >= 11 is 0. The van der Waals surface area contributed by atoms with Gasteiger partial charge in [-0.3, -0.25) is 0 Å². The van der Waals surface area contributed by atoms with Crippen molar-refractivity contribution in [2.45, 2.75) is 19.9 Å². The third-order valence-corrected chi connectivity index (χ3v) is 3.37. The molecule has 2 aromatic heterocycles. The Bertz CT molecular complexity index is 852. The standard InChI is InChI=1S/C16H13F3N4/c1-9-22-15-12(6-3-7-20-15)16(23-9)21-8-10-4-2-5-11(13(10)17)14(18)19/h2-7,14H,8H2,1H3,(H,20,21,22,23). The van der Waals surface area contributed by atoms with E-state index in [4.69, 9.17) is 0 Å². The van der Waals surface area contributed by atoms with E-state index in [1.165, 1.54) is 12.1 Å². The van der Waals surface area contributed by atoms with Crippen LogP contribution in [0.25, 0.3) is 11.0 Å². The Morgan fingerprint density at radius 1 is 1.13 bits per heavy atom. The molecule has 23 heavy (non-hydrogen) atoms. The molecule has 0 spiro atoms. The van der Waals surface area contributed by atoms with Gasteiger partial charge in [-0.15, -0.1) is 0 Å². The van der Waals surface area contributed by atoms with Gasteiger partial charge >= 0.3 is 0 Å². The Morgan fingerprint density at radius 3 is 2.74 bits per heavy atom. The molecule has 0 fully saturated rings. The van der Waals surface area contributed by atoms with Crippen molar-refractivity contribution in [1.29, 1.82) is 0 Å². The van der Waals surface area contributed by atoms with E-state index in [-0.39, 0.29) is 12.1 Å². The minimum absolute atomic E-state index is 0.0346. The molecule has 1 N–H and O–H groups in total. The Hall–Kier alpha value is -2.70. The van der Waals surface area contributed by atoms with Crippen molar-refractivity contribution in [3.05, 3.63) is 59.3 Å². The minimum atomic E-state index is -2.85. The lowest BCUT2D eigenvalue weighted by Gasteiger charge is -2.11.